The van der Waals surface area contributed by atoms with Gasteiger partial charge in [0.05, 0.1) is 60.2 Å². The van der Waals surface area contributed by atoms with Crippen LogP contribution in [0.25, 0.3) is 21.8 Å². The molecule has 3 aliphatic carbocycles. The summed E-state index contributed by atoms with van der Waals surface area (Å²) in [5.74, 6) is 1.40. The lowest BCUT2D eigenvalue weighted by atomic mass is 9.43. The summed E-state index contributed by atoms with van der Waals surface area (Å²) < 4.78 is 10.9. The largest absolute Gasteiger partial charge is 0.496 e. The van der Waals surface area contributed by atoms with Crippen molar-refractivity contribution in [2.45, 2.75) is 25.7 Å². The number of rotatable bonds is 7. The highest BCUT2D eigenvalue weighted by Gasteiger charge is 2.56. The monoisotopic (exact) mass is 504 g/mol. The fourth-order valence-electron chi connectivity index (χ4n) is 5.54. The van der Waals surface area contributed by atoms with Gasteiger partial charge in [-0.2, -0.15) is 0 Å². The molecule has 9 heteroatoms. The highest BCUT2D eigenvalue weighted by Crippen LogP contribution is 2.66. The Morgan fingerprint density at radius 3 is 2.67 bits per heavy atom. The van der Waals surface area contributed by atoms with Gasteiger partial charge in [-0.15, -0.1) is 11.3 Å². The smallest absolute Gasteiger partial charge is 0.257 e. The van der Waals surface area contributed by atoms with Gasteiger partial charge in [0, 0.05) is 30.5 Å². The summed E-state index contributed by atoms with van der Waals surface area (Å²) in [6.45, 7) is 2.23. The lowest BCUT2D eigenvalue weighted by Gasteiger charge is -2.61. The number of morpholine rings is 1. The number of anilines is 1. The van der Waals surface area contributed by atoms with E-state index in [-0.39, 0.29) is 17.2 Å². The Labute approximate surface area is 213 Å². The van der Waals surface area contributed by atoms with Crippen molar-refractivity contribution in [2.75, 3.05) is 38.7 Å². The molecule has 1 aliphatic heterocycles. The number of hydrogen-bond donors (Lipinski definition) is 1. The second-order valence-corrected chi connectivity index (χ2v) is 10.9. The number of carbonyl (C=O) groups excluding carboxylic acids is 2. The molecule has 0 atom stereocenters. The minimum absolute atomic E-state index is 0.0660. The van der Waals surface area contributed by atoms with Crippen LogP contribution in [0.2, 0.25) is 0 Å². The molecule has 0 unspecified atom stereocenters. The van der Waals surface area contributed by atoms with Crippen molar-refractivity contribution in [3.8, 4) is 27.6 Å². The molecule has 1 aromatic carbocycles. The zero-order valence-electron chi connectivity index (χ0n) is 20.2. The van der Waals surface area contributed by atoms with E-state index in [2.05, 4.69) is 10.3 Å². The Morgan fingerprint density at radius 2 is 1.94 bits per heavy atom. The second-order valence-electron chi connectivity index (χ2n) is 10.0. The van der Waals surface area contributed by atoms with Gasteiger partial charge in [-0.25, -0.2) is 4.98 Å². The second kappa shape index (κ2) is 9.29. The molecule has 2 amide bonds. The quantitative estimate of drug-likeness (QED) is 0.510. The molecular formula is C27H28N4O4S. The highest BCUT2D eigenvalue weighted by atomic mass is 32.1. The van der Waals surface area contributed by atoms with Crippen molar-refractivity contribution in [3.05, 3.63) is 47.6 Å². The minimum atomic E-state index is -0.0660. The van der Waals surface area contributed by atoms with Crippen molar-refractivity contribution >= 4 is 28.8 Å². The molecule has 36 heavy (non-hydrogen) atoms. The molecule has 1 saturated heterocycles. The predicted molar refractivity (Wildman–Crippen MR) is 137 cm³/mol. The van der Waals surface area contributed by atoms with Crippen LogP contribution in [0.5, 0.6) is 5.75 Å². The van der Waals surface area contributed by atoms with Gasteiger partial charge >= 0.3 is 0 Å². The molecule has 2 bridgehead atoms. The van der Waals surface area contributed by atoms with Crippen LogP contribution in [0, 0.1) is 11.3 Å². The number of thiophene rings is 1. The molecule has 3 saturated carbocycles. The van der Waals surface area contributed by atoms with E-state index in [4.69, 9.17) is 14.5 Å². The normalized spacial score (nSPS) is 22.4. The lowest BCUT2D eigenvalue weighted by Crippen LogP contribution is -2.53. The first-order valence-electron chi connectivity index (χ1n) is 12.3. The molecule has 7 rings (SSSR count). The molecule has 1 N–H and O–H groups in total. The average Bonchev–Trinajstić information content (AvgIpc) is 3.33. The molecule has 0 radical (unpaired) electrons. The molecule has 3 aromatic rings. The van der Waals surface area contributed by atoms with Gasteiger partial charge in [-0.3, -0.25) is 14.6 Å². The summed E-state index contributed by atoms with van der Waals surface area (Å²) in [6.07, 6.45) is 7.68. The summed E-state index contributed by atoms with van der Waals surface area (Å²) in [5, 5.41) is 4.99. The minimum Gasteiger partial charge on any atom is -0.496 e. The molecule has 8 nitrogen and oxygen atoms in total. The van der Waals surface area contributed by atoms with E-state index in [0.29, 0.717) is 49.7 Å². The van der Waals surface area contributed by atoms with Crippen LogP contribution in [0.3, 0.4) is 0 Å². The van der Waals surface area contributed by atoms with Crippen LogP contribution in [0.15, 0.2) is 42.0 Å². The summed E-state index contributed by atoms with van der Waals surface area (Å²) in [6, 6.07) is 7.43. The molecule has 3 heterocycles. The van der Waals surface area contributed by atoms with Crippen molar-refractivity contribution in [2.24, 2.45) is 11.3 Å². The number of nitrogens with one attached hydrogen (secondary N) is 1. The van der Waals surface area contributed by atoms with Crippen LogP contribution in [-0.2, 0) is 9.53 Å². The first-order valence-corrected chi connectivity index (χ1v) is 13.2. The Morgan fingerprint density at radius 1 is 1.17 bits per heavy atom. The van der Waals surface area contributed by atoms with Gasteiger partial charge in [0.2, 0.25) is 5.91 Å². The zero-order valence-corrected chi connectivity index (χ0v) is 21.0. The lowest BCUT2D eigenvalue weighted by molar-refractivity contribution is -0.139. The number of benzene rings is 1. The van der Waals surface area contributed by atoms with Crippen LogP contribution in [-0.4, -0.2) is 60.1 Å². The number of amides is 2. The van der Waals surface area contributed by atoms with E-state index >= 15 is 0 Å². The third kappa shape index (κ3) is 4.37. The van der Waals surface area contributed by atoms with E-state index in [1.165, 1.54) is 30.6 Å². The maximum absolute atomic E-state index is 13.0. The fraction of sp³-hybridized carbons (Fsp3) is 0.407. The Hall–Kier alpha value is -3.30. The Kier molecular flexibility index (Phi) is 5.97. The molecule has 186 valence electrons. The summed E-state index contributed by atoms with van der Waals surface area (Å²) in [7, 11) is 1.56. The zero-order chi connectivity index (χ0) is 24.7. The SMILES string of the molecule is COc1cc(-c2cncc(-c3cc(NC(=O)CC45CC(C4)C5)cs3)n2)ccc1C(=O)N1CCOCC1. The molecular weight excluding hydrogens is 476 g/mol. The summed E-state index contributed by atoms with van der Waals surface area (Å²) >= 11 is 1.52. The van der Waals surface area contributed by atoms with Crippen molar-refractivity contribution in [3.63, 3.8) is 0 Å². The van der Waals surface area contributed by atoms with Crippen molar-refractivity contribution in [1.29, 1.82) is 0 Å². The average molecular weight is 505 g/mol. The number of hydrogen-bond acceptors (Lipinski definition) is 7. The summed E-state index contributed by atoms with van der Waals surface area (Å²) in [5.41, 5.74) is 3.82. The Balaban J connectivity index is 1.18. The fourth-order valence-corrected chi connectivity index (χ4v) is 6.34. The first kappa shape index (κ1) is 23.1. The van der Waals surface area contributed by atoms with E-state index < -0.39 is 0 Å². The number of nitrogens with zero attached hydrogens (tertiary/aromatic N) is 3. The van der Waals surface area contributed by atoms with Crippen molar-refractivity contribution in [1.82, 2.24) is 14.9 Å². The summed E-state index contributed by atoms with van der Waals surface area (Å²) in [4.78, 5) is 37.4. The predicted octanol–water partition coefficient (Wildman–Crippen LogP) is 4.48. The van der Waals surface area contributed by atoms with Crippen LogP contribution >= 0.6 is 11.3 Å². The number of ether oxygens (including phenoxy) is 2. The third-order valence-electron chi connectivity index (χ3n) is 7.50. The van der Waals surface area contributed by atoms with Gasteiger partial charge in [-0.05, 0) is 48.8 Å². The number of methoxy groups -OCH3 is 1. The topological polar surface area (TPSA) is 93.7 Å². The van der Waals surface area contributed by atoms with E-state index in [9.17, 15) is 9.59 Å². The van der Waals surface area contributed by atoms with Crippen LogP contribution in [0.1, 0.15) is 36.0 Å². The molecule has 0 spiro atoms. The molecule has 4 aliphatic rings. The van der Waals surface area contributed by atoms with Gasteiger partial charge in [-0.1, -0.05) is 6.07 Å². The standard InChI is InChI=1S/C27H28N4O4S/c1-34-23-8-18(2-3-20(23)26(33)31-4-6-35-7-5-31)21-14-28-15-22(30-21)24-9-19(16-36-24)29-25(32)13-27-10-17(11-27)12-27/h2-3,8-9,14-17H,4-7,10-13H2,1H3,(H,29,32). The number of aromatic nitrogens is 2. The van der Waals surface area contributed by atoms with Gasteiger partial charge < -0.3 is 19.7 Å². The molecule has 4 fully saturated rings. The first-order chi connectivity index (χ1) is 17.5. The van der Waals surface area contributed by atoms with Gasteiger partial charge in [0.25, 0.3) is 5.91 Å². The highest BCUT2D eigenvalue weighted by molar-refractivity contribution is 7.14. The van der Waals surface area contributed by atoms with E-state index in [1.807, 2.05) is 23.6 Å². The van der Waals surface area contributed by atoms with Crippen LogP contribution in [0.4, 0.5) is 5.69 Å². The Bertz CT molecular complexity index is 1300. The van der Waals surface area contributed by atoms with Crippen LogP contribution < -0.4 is 10.1 Å². The number of carbonyl (C=O) groups is 2. The maximum atomic E-state index is 13.0. The van der Waals surface area contributed by atoms with Crippen molar-refractivity contribution < 1.29 is 19.1 Å². The van der Waals surface area contributed by atoms with Gasteiger partial charge in [0.15, 0.2) is 0 Å². The molecule has 2 aromatic heterocycles. The van der Waals surface area contributed by atoms with E-state index in [1.54, 1.807) is 30.5 Å². The van der Waals surface area contributed by atoms with E-state index in [0.717, 1.165) is 27.7 Å². The maximum Gasteiger partial charge on any atom is 0.257 e. The third-order valence-corrected chi connectivity index (χ3v) is 8.45. The van der Waals surface area contributed by atoms with Gasteiger partial charge in [0.1, 0.15) is 5.75 Å².